The van der Waals surface area contributed by atoms with Gasteiger partial charge in [0.1, 0.15) is 0 Å². The van der Waals surface area contributed by atoms with E-state index in [1.54, 1.807) is 17.5 Å². The number of carbonyl (C=O) groups is 1. The van der Waals surface area contributed by atoms with Crippen LogP contribution in [0.4, 0.5) is 0 Å². The molecule has 0 atom stereocenters. The standard InChI is InChI=1S/C19H20N4OS/c24-17(12-23-4-2-1-3-5-23)8-16-7-14-6-15(19-11-20-13-25-19)9-22-18(14)10-21-16/h6-7,9-11,13H,1-5,8,12H2. The van der Waals surface area contributed by atoms with Crippen LogP contribution < -0.4 is 0 Å². The van der Waals surface area contributed by atoms with E-state index >= 15 is 0 Å². The summed E-state index contributed by atoms with van der Waals surface area (Å²) in [6.07, 6.45) is 9.52. The minimum absolute atomic E-state index is 0.236. The number of ketones is 1. The summed E-state index contributed by atoms with van der Waals surface area (Å²) in [4.78, 5) is 28.7. The van der Waals surface area contributed by atoms with Crippen LogP contribution in [0.5, 0.6) is 0 Å². The summed E-state index contributed by atoms with van der Waals surface area (Å²) in [5.41, 5.74) is 4.53. The molecule has 6 heteroatoms. The summed E-state index contributed by atoms with van der Waals surface area (Å²) < 4.78 is 0. The van der Waals surface area contributed by atoms with Crippen molar-refractivity contribution in [2.24, 2.45) is 0 Å². The SMILES string of the molecule is O=C(Cc1cc2cc(-c3cncs3)cnc2cn1)CN1CCCCC1. The Morgan fingerprint density at radius 2 is 1.96 bits per heavy atom. The highest BCUT2D eigenvalue weighted by Gasteiger charge is 2.15. The van der Waals surface area contributed by atoms with E-state index in [4.69, 9.17) is 0 Å². The fourth-order valence-electron chi connectivity index (χ4n) is 3.29. The van der Waals surface area contributed by atoms with Crippen molar-refractivity contribution in [2.75, 3.05) is 19.6 Å². The van der Waals surface area contributed by atoms with Crippen molar-refractivity contribution < 1.29 is 4.79 Å². The zero-order valence-electron chi connectivity index (χ0n) is 14.0. The van der Waals surface area contributed by atoms with E-state index in [-0.39, 0.29) is 5.78 Å². The first-order valence-corrected chi connectivity index (χ1v) is 9.53. The van der Waals surface area contributed by atoms with E-state index in [9.17, 15) is 4.79 Å². The van der Waals surface area contributed by atoms with Crippen LogP contribution >= 0.6 is 11.3 Å². The van der Waals surface area contributed by atoms with Gasteiger partial charge in [0.05, 0.1) is 35.1 Å². The molecule has 5 nitrogen and oxygen atoms in total. The van der Waals surface area contributed by atoms with Crippen LogP contribution in [0.3, 0.4) is 0 Å². The number of hydrogen-bond donors (Lipinski definition) is 0. The zero-order chi connectivity index (χ0) is 17.1. The molecule has 3 aromatic rings. The van der Waals surface area contributed by atoms with Crippen LogP contribution in [0.25, 0.3) is 21.3 Å². The van der Waals surface area contributed by atoms with Gasteiger partial charge >= 0.3 is 0 Å². The Bertz CT molecular complexity index is 872. The van der Waals surface area contributed by atoms with Gasteiger partial charge in [0.2, 0.25) is 0 Å². The molecule has 0 aliphatic carbocycles. The molecule has 4 heterocycles. The maximum Gasteiger partial charge on any atom is 0.152 e. The summed E-state index contributed by atoms with van der Waals surface area (Å²) in [7, 11) is 0. The summed E-state index contributed by atoms with van der Waals surface area (Å²) in [5.74, 6) is 0.236. The molecule has 3 aromatic heterocycles. The third kappa shape index (κ3) is 3.91. The van der Waals surface area contributed by atoms with Crippen molar-refractivity contribution >= 4 is 28.0 Å². The van der Waals surface area contributed by atoms with Gasteiger partial charge in [-0.2, -0.15) is 0 Å². The second-order valence-electron chi connectivity index (χ2n) is 6.51. The van der Waals surface area contributed by atoms with Crippen molar-refractivity contribution in [1.29, 1.82) is 0 Å². The lowest BCUT2D eigenvalue weighted by Crippen LogP contribution is -2.35. The average Bonchev–Trinajstić information content (AvgIpc) is 3.16. The number of thiazole rings is 1. The molecule has 128 valence electrons. The van der Waals surface area contributed by atoms with E-state index < -0.39 is 0 Å². The minimum atomic E-state index is 0.236. The molecular formula is C19H20N4OS. The summed E-state index contributed by atoms with van der Waals surface area (Å²) in [6, 6.07) is 4.08. The molecule has 0 spiro atoms. The zero-order valence-corrected chi connectivity index (χ0v) is 14.8. The lowest BCUT2D eigenvalue weighted by molar-refractivity contribution is -0.119. The Kier molecular flexibility index (Phi) is 4.81. The molecule has 0 N–H and O–H groups in total. The number of rotatable bonds is 5. The van der Waals surface area contributed by atoms with Gasteiger partial charge < -0.3 is 0 Å². The van der Waals surface area contributed by atoms with Crippen LogP contribution in [0, 0.1) is 0 Å². The predicted octanol–water partition coefficient (Wildman–Crippen LogP) is 3.35. The van der Waals surface area contributed by atoms with Crippen molar-refractivity contribution in [2.45, 2.75) is 25.7 Å². The number of Topliss-reactive ketones (excluding diaryl/α,β-unsaturated/α-hetero) is 1. The van der Waals surface area contributed by atoms with Gasteiger partial charge in [0.25, 0.3) is 0 Å². The fourth-order valence-corrected chi connectivity index (χ4v) is 3.90. The molecule has 0 bridgehead atoms. The van der Waals surface area contributed by atoms with Crippen molar-refractivity contribution in [3.05, 3.63) is 41.9 Å². The second-order valence-corrected chi connectivity index (χ2v) is 7.40. The first-order chi connectivity index (χ1) is 12.3. The molecule has 0 radical (unpaired) electrons. The number of hydrogen-bond acceptors (Lipinski definition) is 6. The monoisotopic (exact) mass is 352 g/mol. The minimum Gasteiger partial charge on any atom is -0.298 e. The normalized spacial score (nSPS) is 15.5. The summed E-state index contributed by atoms with van der Waals surface area (Å²) in [5, 5.41) is 1.02. The molecule has 25 heavy (non-hydrogen) atoms. The maximum atomic E-state index is 12.4. The molecule has 4 rings (SSSR count). The molecule has 1 saturated heterocycles. The quantitative estimate of drug-likeness (QED) is 0.705. The Morgan fingerprint density at radius 3 is 2.76 bits per heavy atom. The third-order valence-corrected chi connectivity index (χ3v) is 5.39. The van der Waals surface area contributed by atoms with Gasteiger partial charge in [-0.1, -0.05) is 6.42 Å². The molecule has 0 aromatic carbocycles. The van der Waals surface area contributed by atoms with E-state index in [1.807, 2.05) is 24.0 Å². The second kappa shape index (κ2) is 7.37. The smallest absolute Gasteiger partial charge is 0.152 e. The number of aromatic nitrogens is 3. The lowest BCUT2D eigenvalue weighted by atomic mass is 10.1. The lowest BCUT2D eigenvalue weighted by Gasteiger charge is -2.25. The molecule has 1 fully saturated rings. The van der Waals surface area contributed by atoms with Gasteiger partial charge in [-0.05, 0) is 38.1 Å². The number of piperidine rings is 1. The van der Waals surface area contributed by atoms with Crippen LogP contribution in [0.15, 0.2) is 36.2 Å². The van der Waals surface area contributed by atoms with E-state index in [0.29, 0.717) is 13.0 Å². The first kappa shape index (κ1) is 16.3. The van der Waals surface area contributed by atoms with Crippen LogP contribution in [0.2, 0.25) is 0 Å². The largest absolute Gasteiger partial charge is 0.298 e. The number of nitrogens with zero attached hydrogens (tertiary/aromatic N) is 4. The van der Waals surface area contributed by atoms with Crippen LogP contribution in [0.1, 0.15) is 25.0 Å². The molecule has 0 amide bonds. The van der Waals surface area contributed by atoms with E-state index in [2.05, 4.69) is 25.9 Å². The molecular weight excluding hydrogens is 332 g/mol. The number of pyridine rings is 2. The topological polar surface area (TPSA) is 59.0 Å². The fraction of sp³-hybridized carbons (Fsp3) is 0.368. The predicted molar refractivity (Wildman–Crippen MR) is 99.6 cm³/mol. The Morgan fingerprint density at radius 1 is 1.08 bits per heavy atom. The van der Waals surface area contributed by atoms with Gasteiger partial charge in [-0.25, -0.2) is 0 Å². The van der Waals surface area contributed by atoms with Gasteiger partial charge in [-0.15, -0.1) is 11.3 Å². The Hall–Kier alpha value is -2.18. The Labute approximate surface area is 150 Å². The number of likely N-dealkylation sites (tertiary alicyclic amines) is 1. The number of fused-ring (bicyclic) bond motifs is 1. The van der Waals surface area contributed by atoms with Crippen LogP contribution in [-0.2, 0) is 11.2 Å². The molecule has 0 unspecified atom stereocenters. The molecule has 1 aliphatic rings. The van der Waals surface area contributed by atoms with E-state index in [0.717, 1.165) is 40.1 Å². The highest BCUT2D eigenvalue weighted by atomic mass is 32.1. The number of carbonyl (C=O) groups excluding carboxylic acids is 1. The van der Waals surface area contributed by atoms with Gasteiger partial charge in [-0.3, -0.25) is 24.6 Å². The van der Waals surface area contributed by atoms with Gasteiger partial charge in [0, 0.05) is 29.0 Å². The third-order valence-electron chi connectivity index (χ3n) is 4.57. The van der Waals surface area contributed by atoms with Crippen molar-refractivity contribution in [3.63, 3.8) is 0 Å². The van der Waals surface area contributed by atoms with Crippen molar-refractivity contribution in [3.8, 4) is 10.4 Å². The van der Waals surface area contributed by atoms with Crippen LogP contribution in [-0.4, -0.2) is 45.3 Å². The van der Waals surface area contributed by atoms with Gasteiger partial charge in [0.15, 0.2) is 5.78 Å². The summed E-state index contributed by atoms with van der Waals surface area (Å²) in [6.45, 7) is 2.62. The Balaban J connectivity index is 1.50. The molecule has 0 saturated carbocycles. The molecule has 1 aliphatic heterocycles. The first-order valence-electron chi connectivity index (χ1n) is 8.65. The van der Waals surface area contributed by atoms with E-state index in [1.165, 1.54) is 19.3 Å². The highest BCUT2D eigenvalue weighted by molar-refractivity contribution is 7.13. The highest BCUT2D eigenvalue weighted by Crippen LogP contribution is 2.25. The van der Waals surface area contributed by atoms with Crippen molar-refractivity contribution in [1.82, 2.24) is 19.9 Å². The maximum absolute atomic E-state index is 12.4. The average molecular weight is 352 g/mol. The summed E-state index contributed by atoms with van der Waals surface area (Å²) >= 11 is 1.59.